The van der Waals surface area contributed by atoms with Crippen molar-refractivity contribution in [1.29, 1.82) is 0 Å². The van der Waals surface area contributed by atoms with Crippen LogP contribution in [0.4, 0.5) is 5.82 Å². The van der Waals surface area contributed by atoms with E-state index in [1.807, 2.05) is 43.3 Å². The molecule has 2 amide bonds. The number of hydrogen-bond donors (Lipinski definition) is 1. The van der Waals surface area contributed by atoms with E-state index in [9.17, 15) is 9.59 Å². The number of nitrogens with zero attached hydrogens (tertiary/aromatic N) is 2. The van der Waals surface area contributed by atoms with Gasteiger partial charge in [0.05, 0.1) is 4.91 Å². The summed E-state index contributed by atoms with van der Waals surface area (Å²) >= 11 is 6.63. The largest absolute Gasteiger partial charge is 0.311 e. The number of anilines is 1. The average molecular weight is 398 g/mol. The van der Waals surface area contributed by atoms with Gasteiger partial charge in [0.1, 0.15) is 10.1 Å². The third-order valence-electron chi connectivity index (χ3n) is 3.97. The van der Waals surface area contributed by atoms with Gasteiger partial charge in [-0.2, -0.15) is 0 Å². The van der Waals surface area contributed by atoms with Crippen LogP contribution in [0.1, 0.15) is 24.0 Å². The van der Waals surface area contributed by atoms with Crippen LogP contribution >= 0.6 is 24.0 Å². The summed E-state index contributed by atoms with van der Waals surface area (Å²) in [6.45, 7) is 2.44. The molecule has 1 aromatic carbocycles. The maximum absolute atomic E-state index is 12.6. The molecule has 27 heavy (non-hydrogen) atoms. The Balaban J connectivity index is 1.53. The molecule has 1 saturated heterocycles. The van der Waals surface area contributed by atoms with Gasteiger partial charge >= 0.3 is 0 Å². The first kappa shape index (κ1) is 19.3. The molecular weight excluding hydrogens is 378 g/mol. The Hall–Kier alpha value is -2.51. The number of thioether (sulfide) groups is 1. The third kappa shape index (κ3) is 5.24. The van der Waals surface area contributed by atoms with E-state index in [2.05, 4.69) is 10.3 Å². The molecule has 7 heteroatoms. The Morgan fingerprint density at radius 3 is 2.74 bits per heavy atom. The van der Waals surface area contributed by atoms with E-state index in [0.29, 0.717) is 34.4 Å². The number of carbonyl (C=O) groups is 2. The summed E-state index contributed by atoms with van der Waals surface area (Å²) in [6.07, 6.45) is 4.30. The lowest BCUT2D eigenvalue weighted by atomic mass is 10.1. The van der Waals surface area contributed by atoms with Gasteiger partial charge in [0, 0.05) is 19.2 Å². The quantitative estimate of drug-likeness (QED) is 0.589. The number of carbonyl (C=O) groups excluding carboxylic acids is 2. The number of aromatic nitrogens is 1. The van der Waals surface area contributed by atoms with Crippen LogP contribution < -0.4 is 5.32 Å². The van der Waals surface area contributed by atoms with Crippen LogP contribution in [0.25, 0.3) is 6.08 Å². The smallest absolute Gasteiger partial charge is 0.266 e. The zero-order valence-corrected chi connectivity index (χ0v) is 16.5. The molecule has 1 aliphatic rings. The first-order chi connectivity index (χ1) is 13.0. The molecular formula is C20H19N3O2S2. The fourth-order valence-corrected chi connectivity index (χ4v) is 3.86. The second kappa shape index (κ2) is 8.92. The number of benzene rings is 1. The zero-order valence-electron chi connectivity index (χ0n) is 14.8. The fraction of sp³-hybridized carbons (Fsp3) is 0.200. The minimum Gasteiger partial charge on any atom is -0.311 e. The van der Waals surface area contributed by atoms with Gasteiger partial charge in [0.2, 0.25) is 5.91 Å². The molecule has 5 nitrogen and oxygen atoms in total. The van der Waals surface area contributed by atoms with Crippen molar-refractivity contribution in [2.24, 2.45) is 0 Å². The Morgan fingerprint density at radius 1 is 1.26 bits per heavy atom. The fourth-order valence-electron chi connectivity index (χ4n) is 2.55. The molecule has 0 radical (unpaired) electrons. The van der Waals surface area contributed by atoms with Gasteiger partial charge in [-0.05, 0) is 37.1 Å². The molecule has 0 aliphatic carbocycles. The third-order valence-corrected chi connectivity index (χ3v) is 5.34. The van der Waals surface area contributed by atoms with Crippen LogP contribution in [0.3, 0.4) is 0 Å². The van der Waals surface area contributed by atoms with Crippen molar-refractivity contribution in [3.63, 3.8) is 0 Å². The average Bonchev–Trinajstić information content (AvgIpc) is 2.92. The van der Waals surface area contributed by atoms with E-state index < -0.39 is 0 Å². The number of pyridine rings is 1. The number of rotatable bonds is 6. The molecule has 3 rings (SSSR count). The second-order valence-electron chi connectivity index (χ2n) is 6.11. The van der Waals surface area contributed by atoms with E-state index >= 15 is 0 Å². The van der Waals surface area contributed by atoms with Crippen LogP contribution in [-0.4, -0.2) is 32.6 Å². The van der Waals surface area contributed by atoms with Crippen molar-refractivity contribution < 1.29 is 9.59 Å². The second-order valence-corrected chi connectivity index (χ2v) is 7.79. The van der Waals surface area contributed by atoms with Gasteiger partial charge in [-0.15, -0.1) is 0 Å². The molecule has 2 aromatic rings. The number of hydrogen-bond acceptors (Lipinski definition) is 5. The normalized spacial score (nSPS) is 15.4. The van der Waals surface area contributed by atoms with Crippen LogP contribution in [0.15, 0.2) is 53.6 Å². The lowest BCUT2D eigenvalue weighted by Gasteiger charge is -2.14. The summed E-state index contributed by atoms with van der Waals surface area (Å²) in [4.78, 5) is 30.8. The summed E-state index contributed by atoms with van der Waals surface area (Å²) in [7, 11) is 0. The van der Waals surface area contributed by atoms with E-state index in [0.717, 1.165) is 5.56 Å². The standard InChI is InChI=1S/C20H19N3O2S2/c1-14-7-9-15(10-8-14)13-16-19(25)23(20(26)27-16)12-4-6-18(24)22-17-5-2-3-11-21-17/h2-3,5,7-11,13H,4,6,12H2,1H3,(H,21,22,24)/b16-13-. The number of aryl methyl sites for hydroxylation is 1. The van der Waals surface area contributed by atoms with E-state index in [1.54, 1.807) is 23.2 Å². The molecule has 2 heterocycles. The summed E-state index contributed by atoms with van der Waals surface area (Å²) in [5, 5.41) is 2.73. The monoisotopic (exact) mass is 397 g/mol. The van der Waals surface area contributed by atoms with Gasteiger partial charge in [0.15, 0.2) is 0 Å². The van der Waals surface area contributed by atoms with Gasteiger partial charge in [-0.1, -0.05) is 59.9 Å². The Kier molecular flexibility index (Phi) is 6.36. The minimum atomic E-state index is -0.130. The number of amides is 2. The molecule has 0 spiro atoms. The summed E-state index contributed by atoms with van der Waals surface area (Å²) in [5.41, 5.74) is 2.14. The lowest BCUT2D eigenvalue weighted by Crippen LogP contribution is -2.29. The van der Waals surface area contributed by atoms with Crippen molar-refractivity contribution in [1.82, 2.24) is 9.88 Å². The Labute approximate surface area is 167 Å². The number of thiocarbonyl (C=S) groups is 1. The summed E-state index contributed by atoms with van der Waals surface area (Å²) < 4.78 is 0.531. The van der Waals surface area contributed by atoms with Crippen molar-refractivity contribution in [3.05, 3.63) is 64.7 Å². The molecule has 1 aromatic heterocycles. The Morgan fingerprint density at radius 2 is 2.04 bits per heavy atom. The maximum Gasteiger partial charge on any atom is 0.266 e. The predicted molar refractivity (Wildman–Crippen MR) is 113 cm³/mol. The first-order valence-corrected chi connectivity index (χ1v) is 9.78. The summed E-state index contributed by atoms with van der Waals surface area (Å²) in [5.74, 6) is 0.291. The molecule has 0 saturated carbocycles. The van der Waals surface area contributed by atoms with Crippen LogP contribution in [-0.2, 0) is 9.59 Å². The number of nitrogens with one attached hydrogen (secondary N) is 1. The van der Waals surface area contributed by atoms with Crippen LogP contribution in [0.2, 0.25) is 0 Å². The van der Waals surface area contributed by atoms with E-state index in [-0.39, 0.29) is 11.8 Å². The van der Waals surface area contributed by atoms with Crippen LogP contribution in [0.5, 0.6) is 0 Å². The van der Waals surface area contributed by atoms with E-state index in [1.165, 1.54) is 17.3 Å². The highest BCUT2D eigenvalue weighted by Gasteiger charge is 2.31. The molecule has 0 unspecified atom stereocenters. The van der Waals surface area contributed by atoms with Gasteiger partial charge in [-0.25, -0.2) is 4.98 Å². The highest BCUT2D eigenvalue weighted by Crippen LogP contribution is 2.32. The van der Waals surface area contributed by atoms with E-state index in [4.69, 9.17) is 12.2 Å². The van der Waals surface area contributed by atoms with Crippen molar-refractivity contribution in [2.75, 3.05) is 11.9 Å². The Bertz CT molecular complexity index is 880. The van der Waals surface area contributed by atoms with Gasteiger partial charge in [-0.3, -0.25) is 14.5 Å². The molecule has 1 N–H and O–H groups in total. The lowest BCUT2D eigenvalue weighted by molar-refractivity contribution is -0.122. The summed E-state index contributed by atoms with van der Waals surface area (Å²) in [6, 6.07) is 13.3. The highest BCUT2D eigenvalue weighted by molar-refractivity contribution is 8.26. The predicted octanol–water partition coefficient (Wildman–Crippen LogP) is 4.01. The topological polar surface area (TPSA) is 62.3 Å². The van der Waals surface area contributed by atoms with Crippen molar-refractivity contribution in [3.8, 4) is 0 Å². The maximum atomic E-state index is 12.6. The molecule has 138 valence electrons. The van der Waals surface area contributed by atoms with Crippen LogP contribution in [0, 0.1) is 6.92 Å². The zero-order chi connectivity index (χ0) is 19.2. The molecule has 0 bridgehead atoms. The van der Waals surface area contributed by atoms with Gasteiger partial charge < -0.3 is 5.32 Å². The van der Waals surface area contributed by atoms with Gasteiger partial charge in [0.25, 0.3) is 5.91 Å². The molecule has 0 atom stereocenters. The van der Waals surface area contributed by atoms with Crippen molar-refractivity contribution in [2.45, 2.75) is 19.8 Å². The molecule has 1 fully saturated rings. The molecule has 1 aliphatic heterocycles. The minimum absolute atomic E-state index is 0.101. The highest BCUT2D eigenvalue weighted by atomic mass is 32.2. The SMILES string of the molecule is Cc1ccc(/C=C2\SC(=S)N(CCCC(=O)Nc3ccccn3)C2=O)cc1. The van der Waals surface area contributed by atoms with Crippen molar-refractivity contribution >= 4 is 52.0 Å². The first-order valence-electron chi connectivity index (χ1n) is 8.56.